The molecule has 3 rings (SSSR count). The van der Waals surface area contributed by atoms with Gasteiger partial charge in [-0.1, -0.05) is 5.16 Å². The molecule has 0 atom stereocenters. The molecule has 1 amide bonds. The Morgan fingerprint density at radius 3 is 2.56 bits per heavy atom. The number of phenolic OH excluding ortho intramolecular Hbond substituents is 1. The van der Waals surface area contributed by atoms with Crippen LogP contribution in [0.4, 0.5) is 0 Å². The van der Waals surface area contributed by atoms with E-state index in [1.165, 1.54) is 13.2 Å². The van der Waals surface area contributed by atoms with Crippen LogP contribution in [0.25, 0.3) is 0 Å². The summed E-state index contributed by atoms with van der Waals surface area (Å²) < 4.78 is 10.3. The second-order valence-electron chi connectivity index (χ2n) is 6.25. The van der Waals surface area contributed by atoms with Gasteiger partial charge in [0.1, 0.15) is 17.3 Å². The fourth-order valence-electron chi connectivity index (χ4n) is 3.05. The van der Waals surface area contributed by atoms with Crippen molar-refractivity contribution in [2.45, 2.75) is 20.4 Å². The molecule has 25 heavy (non-hydrogen) atoms. The van der Waals surface area contributed by atoms with Gasteiger partial charge in [0.25, 0.3) is 5.91 Å². The molecule has 1 aliphatic heterocycles. The van der Waals surface area contributed by atoms with Gasteiger partial charge in [0.2, 0.25) is 0 Å². The van der Waals surface area contributed by atoms with Gasteiger partial charge >= 0.3 is 0 Å². The summed E-state index contributed by atoms with van der Waals surface area (Å²) in [6, 6.07) is 4.74. The molecule has 1 aromatic carbocycles. The molecule has 7 heteroatoms. The number of ether oxygens (including phenoxy) is 1. The monoisotopic (exact) mass is 345 g/mol. The Hall–Kier alpha value is -2.54. The maximum atomic E-state index is 12.6. The average Bonchev–Trinajstić information content (AvgIpc) is 2.93. The molecule has 0 saturated carbocycles. The van der Waals surface area contributed by atoms with Gasteiger partial charge in [-0.05, 0) is 26.0 Å². The van der Waals surface area contributed by atoms with E-state index in [-0.39, 0.29) is 11.7 Å². The molecular weight excluding hydrogens is 322 g/mol. The zero-order valence-corrected chi connectivity index (χ0v) is 14.8. The Morgan fingerprint density at radius 1 is 1.28 bits per heavy atom. The van der Waals surface area contributed by atoms with Crippen LogP contribution in [0.2, 0.25) is 0 Å². The lowest BCUT2D eigenvalue weighted by Gasteiger charge is -2.34. The number of phenols is 1. The van der Waals surface area contributed by atoms with Gasteiger partial charge in [0, 0.05) is 44.4 Å². The van der Waals surface area contributed by atoms with Crippen LogP contribution < -0.4 is 4.74 Å². The normalized spacial score (nSPS) is 15.4. The van der Waals surface area contributed by atoms with Crippen LogP contribution >= 0.6 is 0 Å². The van der Waals surface area contributed by atoms with Crippen LogP contribution in [-0.4, -0.2) is 59.3 Å². The van der Waals surface area contributed by atoms with E-state index < -0.39 is 0 Å². The highest BCUT2D eigenvalue weighted by molar-refractivity contribution is 5.97. The fourth-order valence-corrected chi connectivity index (χ4v) is 3.05. The highest BCUT2D eigenvalue weighted by Gasteiger charge is 2.25. The standard InChI is InChI=1S/C18H23N3O4/c1-12-16(13(2)25-19-12)11-20-6-8-21(9-7-20)18(23)15-5-4-14(24-3)10-17(15)22/h4-5,10,22H,6-9,11H2,1-3H3. The third-order valence-electron chi connectivity index (χ3n) is 4.66. The minimum absolute atomic E-state index is 0.0532. The zero-order valence-electron chi connectivity index (χ0n) is 14.8. The smallest absolute Gasteiger partial charge is 0.257 e. The summed E-state index contributed by atoms with van der Waals surface area (Å²) in [6.07, 6.45) is 0. The fraction of sp³-hybridized carbons (Fsp3) is 0.444. The summed E-state index contributed by atoms with van der Waals surface area (Å²) in [4.78, 5) is 16.7. The van der Waals surface area contributed by atoms with E-state index in [1.807, 2.05) is 13.8 Å². The van der Waals surface area contributed by atoms with E-state index in [9.17, 15) is 9.90 Å². The van der Waals surface area contributed by atoms with Crippen molar-refractivity contribution < 1.29 is 19.2 Å². The number of amides is 1. The van der Waals surface area contributed by atoms with Gasteiger partial charge in [-0.25, -0.2) is 0 Å². The SMILES string of the molecule is COc1ccc(C(=O)N2CCN(Cc3c(C)noc3C)CC2)c(O)c1. The number of aryl methyl sites for hydroxylation is 2. The zero-order chi connectivity index (χ0) is 18.0. The van der Waals surface area contributed by atoms with E-state index in [2.05, 4.69) is 10.1 Å². The lowest BCUT2D eigenvalue weighted by Crippen LogP contribution is -2.48. The van der Waals surface area contributed by atoms with Crippen molar-refractivity contribution in [3.8, 4) is 11.5 Å². The van der Waals surface area contributed by atoms with Crippen LogP contribution in [0.5, 0.6) is 11.5 Å². The Morgan fingerprint density at radius 2 is 2.00 bits per heavy atom. The van der Waals surface area contributed by atoms with E-state index in [0.717, 1.165) is 36.7 Å². The van der Waals surface area contributed by atoms with Crippen LogP contribution in [0.3, 0.4) is 0 Å². The summed E-state index contributed by atoms with van der Waals surface area (Å²) >= 11 is 0. The van der Waals surface area contributed by atoms with Crippen molar-refractivity contribution in [2.24, 2.45) is 0 Å². The highest BCUT2D eigenvalue weighted by atomic mass is 16.5. The summed E-state index contributed by atoms with van der Waals surface area (Å²) in [6.45, 7) is 7.41. The molecule has 1 N–H and O–H groups in total. The number of benzene rings is 1. The molecule has 0 radical (unpaired) electrons. The Bertz CT molecular complexity index is 744. The van der Waals surface area contributed by atoms with Gasteiger partial charge < -0.3 is 19.3 Å². The molecule has 1 aliphatic rings. The number of carbonyl (C=O) groups is 1. The molecule has 7 nitrogen and oxygen atoms in total. The van der Waals surface area contributed by atoms with Gasteiger partial charge in [-0.15, -0.1) is 0 Å². The molecule has 2 heterocycles. The Balaban J connectivity index is 1.61. The van der Waals surface area contributed by atoms with E-state index in [0.29, 0.717) is 24.4 Å². The topological polar surface area (TPSA) is 79.0 Å². The molecule has 0 spiro atoms. The van der Waals surface area contributed by atoms with Gasteiger partial charge in [-0.2, -0.15) is 0 Å². The van der Waals surface area contributed by atoms with Crippen molar-refractivity contribution in [1.82, 2.24) is 15.0 Å². The number of piperazine rings is 1. The largest absolute Gasteiger partial charge is 0.507 e. The van der Waals surface area contributed by atoms with Crippen LogP contribution in [-0.2, 0) is 6.54 Å². The lowest BCUT2D eigenvalue weighted by atomic mass is 10.1. The van der Waals surface area contributed by atoms with E-state index in [1.54, 1.807) is 17.0 Å². The number of rotatable bonds is 4. The average molecular weight is 345 g/mol. The van der Waals surface area contributed by atoms with Crippen molar-refractivity contribution >= 4 is 5.91 Å². The molecule has 1 saturated heterocycles. The lowest BCUT2D eigenvalue weighted by molar-refractivity contribution is 0.0624. The highest BCUT2D eigenvalue weighted by Crippen LogP contribution is 2.25. The molecule has 0 aliphatic carbocycles. The quantitative estimate of drug-likeness (QED) is 0.913. The molecule has 134 valence electrons. The van der Waals surface area contributed by atoms with Gasteiger partial charge in [-0.3, -0.25) is 9.69 Å². The third-order valence-corrected chi connectivity index (χ3v) is 4.66. The molecule has 1 aromatic heterocycles. The number of aromatic nitrogens is 1. The predicted octanol–water partition coefficient (Wildman–Crippen LogP) is 1.96. The van der Waals surface area contributed by atoms with Crippen molar-refractivity contribution in [3.63, 3.8) is 0 Å². The molecule has 0 bridgehead atoms. The first-order chi connectivity index (χ1) is 12.0. The van der Waals surface area contributed by atoms with Crippen molar-refractivity contribution in [2.75, 3.05) is 33.3 Å². The first-order valence-corrected chi connectivity index (χ1v) is 8.30. The molecule has 1 fully saturated rings. The number of methoxy groups -OCH3 is 1. The predicted molar refractivity (Wildman–Crippen MR) is 91.8 cm³/mol. The Labute approximate surface area is 146 Å². The van der Waals surface area contributed by atoms with E-state index in [4.69, 9.17) is 9.26 Å². The first-order valence-electron chi connectivity index (χ1n) is 8.30. The number of hydrogen-bond acceptors (Lipinski definition) is 6. The number of nitrogens with zero attached hydrogens (tertiary/aromatic N) is 3. The van der Waals surface area contributed by atoms with Crippen molar-refractivity contribution in [1.29, 1.82) is 0 Å². The summed E-state index contributed by atoms with van der Waals surface area (Å²) in [5.41, 5.74) is 2.34. The molecular formula is C18H23N3O4. The third kappa shape index (κ3) is 3.61. The van der Waals surface area contributed by atoms with Crippen LogP contribution in [0.1, 0.15) is 27.4 Å². The summed E-state index contributed by atoms with van der Waals surface area (Å²) in [5, 5.41) is 14.0. The Kier molecular flexibility index (Phi) is 4.94. The van der Waals surface area contributed by atoms with Crippen molar-refractivity contribution in [3.05, 3.63) is 40.8 Å². The molecule has 2 aromatic rings. The summed E-state index contributed by atoms with van der Waals surface area (Å²) in [5.74, 6) is 1.16. The van der Waals surface area contributed by atoms with Gasteiger partial charge in [0.15, 0.2) is 0 Å². The van der Waals surface area contributed by atoms with Crippen LogP contribution in [0.15, 0.2) is 22.7 Å². The number of hydrogen-bond donors (Lipinski definition) is 1. The maximum Gasteiger partial charge on any atom is 0.257 e. The van der Waals surface area contributed by atoms with Gasteiger partial charge in [0.05, 0.1) is 18.4 Å². The minimum Gasteiger partial charge on any atom is -0.507 e. The second-order valence-corrected chi connectivity index (χ2v) is 6.25. The molecule has 0 unspecified atom stereocenters. The van der Waals surface area contributed by atoms with Crippen LogP contribution in [0, 0.1) is 13.8 Å². The van der Waals surface area contributed by atoms with E-state index >= 15 is 0 Å². The summed E-state index contributed by atoms with van der Waals surface area (Å²) in [7, 11) is 1.52. The number of carbonyl (C=O) groups excluding carboxylic acids is 1. The minimum atomic E-state index is -0.155. The second kappa shape index (κ2) is 7.14. The number of aromatic hydroxyl groups is 1. The first kappa shape index (κ1) is 17.3. The maximum absolute atomic E-state index is 12.6.